The van der Waals surface area contributed by atoms with Crippen LogP contribution in [-0.4, -0.2) is 23.1 Å². The molecule has 0 aliphatic heterocycles. The minimum absolute atomic E-state index is 0.0407. The molecule has 3 rings (SSSR count). The molecule has 0 spiro atoms. The number of alkyl halides is 3. The second kappa shape index (κ2) is 6.19. The second-order valence-corrected chi connectivity index (χ2v) is 6.91. The Kier molecular flexibility index (Phi) is 4.40. The Balaban J connectivity index is 1.70. The van der Waals surface area contributed by atoms with E-state index in [0.717, 1.165) is 15.4 Å². The van der Waals surface area contributed by atoms with E-state index >= 15 is 0 Å². The van der Waals surface area contributed by atoms with Crippen molar-refractivity contribution in [3.05, 3.63) is 34.4 Å². The van der Waals surface area contributed by atoms with Gasteiger partial charge in [0.1, 0.15) is 5.69 Å². The number of aromatic amines is 1. The first kappa shape index (κ1) is 16.4. The maximum atomic E-state index is 12.8. The van der Waals surface area contributed by atoms with E-state index in [1.54, 1.807) is 6.07 Å². The van der Waals surface area contributed by atoms with E-state index in [1.165, 1.54) is 0 Å². The van der Waals surface area contributed by atoms with Crippen molar-refractivity contribution in [1.82, 2.24) is 10.3 Å². The molecule has 0 saturated heterocycles. The van der Waals surface area contributed by atoms with Crippen LogP contribution < -0.4 is 5.32 Å². The largest absolute Gasteiger partial charge is 0.391 e. The average Bonchev–Trinajstić information content (AvgIpc) is 2.90. The first-order valence-corrected chi connectivity index (χ1v) is 8.28. The molecule has 1 saturated carbocycles. The predicted molar refractivity (Wildman–Crippen MR) is 85.3 cm³/mol. The number of benzene rings is 1. The van der Waals surface area contributed by atoms with Crippen molar-refractivity contribution in [1.29, 1.82) is 0 Å². The van der Waals surface area contributed by atoms with Crippen LogP contribution >= 0.6 is 15.9 Å². The van der Waals surface area contributed by atoms with Crippen LogP contribution in [0.25, 0.3) is 10.9 Å². The lowest BCUT2D eigenvalue weighted by Gasteiger charge is -2.30. The van der Waals surface area contributed by atoms with E-state index in [-0.39, 0.29) is 18.7 Å². The number of halogens is 4. The molecule has 2 N–H and O–H groups in total. The van der Waals surface area contributed by atoms with Crippen molar-refractivity contribution in [2.24, 2.45) is 5.92 Å². The van der Waals surface area contributed by atoms with Gasteiger partial charge in [-0.1, -0.05) is 22.4 Å². The van der Waals surface area contributed by atoms with Crippen LogP contribution in [-0.2, 0) is 0 Å². The molecule has 1 fully saturated rings. The van der Waals surface area contributed by atoms with Crippen LogP contribution in [0, 0.1) is 5.92 Å². The molecule has 0 bridgehead atoms. The predicted octanol–water partition coefficient (Wildman–Crippen LogP) is 4.78. The summed E-state index contributed by atoms with van der Waals surface area (Å²) in [6.45, 7) is 0. The van der Waals surface area contributed by atoms with Gasteiger partial charge in [0, 0.05) is 21.4 Å². The Bertz CT molecular complexity index is 726. The molecule has 1 aromatic heterocycles. The third-order valence-electron chi connectivity index (χ3n) is 4.30. The maximum Gasteiger partial charge on any atom is 0.391 e. The standard InChI is InChI=1S/C16H16BrF3N2O/c17-11-4-5-13-9(6-11)7-14(22-13)15(23)21-12-3-1-2-10(8-12)16(18,19)20/h4-7,10,12,22H,1-3,8H2,(H,21,23). The van der Waals surface area contributed by atoms with Gasteiger partial charge in [-0.2, -0.15) is 13.2 Å². The lowest BCUT2D eigenvalue weighted by molar-refractivity contribution is -0.183. The third-order valence-corrected chi connectivity index (χ3v) is 4.79. The zero-order valence-corrected chi connectivity index (χ0v) is 13.8. The van der Waals surface area contributed by atoms with E-state index in [9.17, 15) is 18.0 Å². The van der Waals surface area contributed by atoms with Crippen molar-refractivity contribution in [3.8, 4) is 0 Å². The molecule has 124 valence electrons. The van der Waals surface area contributed by atoms with E-state index in [1.807, 2.05) is 18.2 Å². The van der Waals surface area contributed by atoms with E-state index in [0.29, 0.717) is 18.5 Å². The molecule has 7 heteroatoms. The van der Waals surface area contributed by atoms with Gasteiger partial charge in [0.05, 0.1) is 5.92 Å². The minimum Gasteiger partial charge on any atom is -0.351 e. The van der Waals surface area contributed by atoms with Crippen molar-refractivity contribution >= 4 is 32.7 Å². The molecule has 1 aliphatic rings. The smallest absolute Gasteiger partial charge is 0.351 e. The van der Waals surface area contributed by atoms with Crippen LogP contribution in [0.5, 0.6) is 0 Å². The van der Waals surface area contributed by atoms with Gasteiger partial charge < -0.3 is 10.3 Å². The molecule has 3 nitrogen and oxygen atoms in total. The quantitative estimate of drug-likeness (QED) is 0.763. The summed E-state index contributed by atoms with van der Waals surface area (Å²) in [6.07, 6.45) is -3.01. The van der Waals surface area contributed by atoms with E-state index < -0.39 is 18.1 Å². The van der Waals surface area contributed by atoms with Crippen molar-refractivity contribution in [2.75, 3.05) is 0 Å². The van der Waals surface area contributed by atoms with E-state index in [2.05, 4.69) is 26.2 Å². The summed E-state index contributed by atoms with van der Waals surface area (Å²) >= 11 is 3.36. The summed E-state index contributed by atoms with van der Waals surface area (Å²) in [5.74, 6) is -1.68. The van der Waals surface area contributed by atoms with Gasteiger partial charge in [0.15, 0.2) is 0 Å². The van der Waals surface area contributed by atoms with Crippen molar-refractivity contribution in [2.45, 2.75) is 37.9 Å². The van der Waals surface area contributed by atoms with Gasteiger partial charge in [0.25, 0.3) is 5.91 Å². The fourth-order valence-corrected chi connectivity index (χ4v) is 3.49. The summed E-state index contributed by atoms with van der Waals surface area (Å²) in [5.41, 5.74) is 1.18. The topological polar surface area (TPSA) is 44.9 Å². The summed E-state index contributed by atoms with van der Waals surface area (Å²) in [7, 11) is 0. The highest BCUT2D eigenvalue weighted by Crippen LogP contribution is 2.37. The van der Waals surface area contributed by atoms with Gasteiger partial charge in [-0.05, 0) is 43.5 Å². The number of hydrogen-bond acceptors (Lipinski definition) is 1. The SMILES string of the molecule is O=C(NC1CCCC(C(F)(F)F)C1)c1cc2cc(Br)ccc2[nH]1. The van der Waals surface area contributed by atoms with Gasteiger partial charge in [0.2, 0.25) is 0 Å². The third kappa shape index (κ3) is 3.71. The first-order valence-electron chi connectivity index (χ1n) is 7.49. The zero-order chi connectivity index (χ0) is 16.6. The Morgan fingerprint density at radius 3 is 2.78 bits per heavy atom. The van der Waals surface area contributed by atoms with Crippen LogP contribution in [0.1, 0.15) is 36.2 Å². The molecular formula is C16H16BrF3N2O. The molecule has 1 aliphatic carbocycles. The molecule has 0 radical (unpaired) electrons. The summed E-state index contributed by atoms with van der Waals surface area (Å²) in [5, 5.41) is 3.61. The number of H-pyrrole nitrogens is 1. The molecular weight excluding hydrogens is 373 g/mol. The Hall–Kier alpha value is -1.50. The highest BCUT2D eigenvalue weighted by molar-refractivity contribution is 9.10. The highest BCUT2D eigenvalue weighted by atomic mass is 79.9. The molecule has 1 heterocycles. The fraction of sp³-hybridized carbons (Fsp3) is 0.438. The van der Waals surface area contributed by atoms with E-state index in [4.69, 9.17) is 0 Å². The lowest BCUT2D eigenvalue weighted by Crippen LogP contribution is -2.41. The number of carbonyl (C=O) groups is 1. The normalized spacial score (nSPS) is 22.3. The summed E-state index contributed by atoms with van der Waals surface area (Å²) in [4.78, 5) is 15.3. The molecule has 23 heavy (non-hydrogen) atoms. The molecule has 2 aromatic rings. The molecule has 1 aromatic carbocycles. The Labute approximate surface area is 139 Å². The Morgan fingerprint density at radius 1 is 1.26 bits per heavy atom. The Morgan fingerprint density at radius 2 is 2.04 bits per heavy atom. The number of aromatic nitrogens is 1. The zero-order valence-electron chi connectivity index (χ0n) is 12.2. The van der Waals surface area contributed by atoms with Crippen LogP contribution in [0.3, 0.4) is 0 Å². The summed E-state index contributed by atoms with van der Waals surface area (Å²) < 4.78 is 39.4. The summed E-state index contributed by atoms with van der Waals surface area (Å²) in [6, 6.07) is 6.86. The second-order valence-electron chi connectivity index (χ2n) is 5.99. The first-order chi connectivity index (χ1) is 10.8. The van der Waals surface area contributed by atoms with Crippen LogP contribution in [0.4, 0.5) is 13.2 Å². The molecule has 2 unspecified atom stereocenters. The number of nitrogens with one attached hydrogen (secondary N) is 2. The molecule has 2 atom stereocenters. The van der Waals surface area contributed by atoms with Gasteiger partial charge in [-0.25, -0.2) is 0 Å². The number of hydrogen-bond donors (Lipinski definition) is 2. The van der Waals surface area contributed by atoms with Crippen molar-refractivity contribution in [3.63, 3.8) is 0 Å². The highest BCUT2D eigenvalue weighted by Gasteiger charge is 2.42. The maximum absolute atomic E-state index is 12.8. The number of rotatable bonds is 2. The minimum atomic E-state index is -4.18. The van der Waals surface area contributed by atoms with Crippen molar-refractivity contribution < 1.29 is 18.0 Å². The van der Waals surface area contributed by atoms with Crippen LogP contribution in [0.2, 0.25) is 0 Å². The number of amides is 1. The number of fused-ring (bicyclic) bond motifs is 1. The molecule has 1 amide bonds. The fourth-order valence-electron chi connectivity index (χ4n) is 3.11. The van der Waals surface area contributed by atoms with Gasteiger partial charge in [-0.15, -0.1) is 0 Å². The monoisotopic (exact) mass is 388 g/mol. The van der Waals surface area contributed by atoms with Crippen LogP contribution in [0.15, 0.2) is 28.7 Å². The lowest BCUT2D eigenvalue weighted by atomic mass is 9.85. The average molecular weight is 389 g/mol. The van der Waals surface area contributed by atoms with Gasteiger partial charge >= 0.3 is 6.18 Å². The van der Waals surface area contributed by atoms with Gasteiger partial charge in [-0.3, -0.25) is 4.79 Å². The number of carbonyl (C=O) groups excluding carboxylic acids is 1.